The van der Waals surface area contributed by atoms with Crippen LogP contribution in [0.5, 0.6) is 0 Å². The second-order valence-electron chi connectivity index (χ2n) is 5.58. The SMILES string of the molecule is CCC1NC(C(C)C)N(CCC2CC2)C1=O. The first-order valence-corrected chi connectivity index (χ1v) is 6.70. The highest BCUT2D eigenvalue weighted by molar-refractivity contribution is 5.84. The molecular formula is C13H24N2O. The molecule has 0 bridgehead atoms. The molecule has 2 fully saturated rings. The van der Waals surface area contributed by atoms with Gasteiger partial charge in [-0.15, -0.1) is 0 Å². The van der Waals surface area contributed by atoms with Crippen molar-refractivity contribution < 1.29 is 4.79 Å². The summed E-state index contributed by atoms with van der Waals surface area (Å²) in [7, 11) is 0. The van der Waals surface area contributed by atoms with Gasteiger partial charge in [-0.25, -0.2) is 0 Å². The first kappa shape index (κ1) is 11.9. The molecule has 1 aliphatic carbocycles. The summed E-state index contributed by atoms with van der Waals surface area (Å²) in [5.41, 5.74) is 0. The highest BCUT2D eigenvalue weighted by Gasteiger charge is 2.39. The van der Waals surface area contributed by atoms with Gasteiger partial charge in [0.25, 0.3) is 0 Å². The Hall–Kier alpha value is -0.570. The number of hydrogen-bond donors (Lipinski definition) is 1. The van der Waals surface area contributed by atoms with Crippen LogP contribution in [0.1, 0.15) is 46.5 Å². The lowest BCUT2D eigenvalue weighted by molar-refractivity contribution is -0.130. The molecule has 16 heavy (non-hydrogen) atoms. The fourth-order valence-corrected chi connectivity index (χ4v) is 2.53. The standard InChI is InChI=1S/C13H24N2O/c1-4-11-13(16)15(8-7-10-5-6-10)12(14-11)9(2)3/h9-12,14H,4-8H2,1-3H3. The van der Waals surface area contributed by atoms with E-state index < -0.39 is 0 Å². The van der Waals surface area contributed by atoms with Crippen LogP contribution in [0.15, 0.2) is 0 Å². The number of carbonyl (C=O) groups excluding carboxylic acids is 1. The lowest BCUT2D eigenvalue weighted by Gasteiger charge is -2.27. The van der Waals surface area contributed by atoms with Crippen LogP contribution < -0.4 is 5.32 Å². The van der Waals surface area contributed by atoms with Gasteiger partial charge < -0.3 is 4.90 Å². The lowest BCUT2D eigenvalue weighted by atomic mass is 10.1. The van der Waals surface area contributed by atoms with Crippen LogP contribution in [0.2, 0.25) is 0 Å². The molecule has 0 aromatic rings. The minimum absolute atomic E-state index is 0.0617. The van der Waals surface area contributed by atoms with Gasteiger partial charge >= 0.3 is 0 Å². The van der Waals surface area contributed by atoms with Crippen LogP contribution in [-0.4, -0.2) is 29.6 Å². The van der Waals surface area contributed by atoms with E-state index in [1.807, 2.05) is 0 Å². The van der Waals surface area contributed by atoms with Crippen LogP contribution >= 0.6 is 0 Å². The zero-order valence-corrected chi connectivity index (χ0v) is 10.7. The van der Waals surface area contributed by atoms with Crippen LogP contribution in [0, 0.1) is 11.8 Å². The quantitative estimate of drug-likeness (QED) is 0.774. The van der Waals surface area contributed by atoms with Crippen molar-refractivity contribution >= 4 is 5.91 Å². The monoisotopic (exact) mass is 224 g/mol. The minimum atomic E-state index is 0.0617. The maximum absolute atomic E-state index is 12.1. The molecule has 0 aromatic carbocycles. The maximum Gasteiger partial charge on any atom is 0.241 e. The fraction of sp³-hybridized carbons (Fsp3) is 0.923. The predicted octanol–water partition coefficient (Wildman–Crippen LogP) is 1.98. The molecule has 3 nitrogen and oxygen atoms in total. The van der Waals surface area contributed by atoms with E-state index in [0.29, 0.717) is 11.8 Å². The van der Waals surface area contributed by atoms with Crippen molar-refractivity contribution in [3.63, 3.8) is 0 Å². The lowest BCUT2D eigenvalue weighted by Crippen LogP contribution is -2.42. The number of amides is 1. The predicted molar refractivity (Wildman–Crippen MR) is 64.9 cm³/mol. The van der Waals surface area contributed by atoms with E-state index in [0.717, 1.165) is 18.9 Å². The van der Waals surface area contributed by atoms with Gasteiger partial charge in [-0.3, -0.25) is 10.1 Å². The molecule has 92 valence electrons. The third-order valence-corrected chi connectivity index (χ3v) is 3.80. The van der Waals surface area contributed by atoms with Crippen molar-refractivity contribution in [1.29, 1.82) is 0 Å². The van der Waals surface area contributed by atoms with Crippen molar-refractivity contribution in [3.05, 3.63) is 0 Å². The van der Waals surface area contributed by atoms with Gasteiger partial charge in [0.1, 0.15) is 0 Å². The molecule has 0 aromatic heterocycles. The maximum atomic E-state index is 12.1. The second kappa shape index (κ2) is 4.74. The third-order valence-electron chi connectivity index (χ3n) is 3.80. The summed E-state index contributed by atoms with van der Waals surface area (Å²) in [4.78, 5) is 14.2. The average molecular weight is 224 g/mol. The molecule has 2 aliphatic rings. The molecule has 2 rings (SSSR count). The molecule has 3 heteroatoms. The van der Waals surface area contributed by atoms with E-state index in [1.54, 1.807) is 0 Å². The average Bonchev–Trinajstić information content (AvgIpc) is 3.00. The summed E-state index contributed by atoms with van der Waals surface area (Å²) < 4.78 is 0. The van der Waals surface area contributed by atoms with Crippen molar-refractivity contribution in [1.82, 2.24) is 10.2 Å². The Kier molecular flexibility index (Phi) is 3.53. The highest BCUT2D eigenvalue weighted by Crippen LogP contribution is 2.33. The van der Waals surface area contributed by atoms with Crippen LogP contribution in [0.4, 0.5) is 0 Å². The van der Waals surface area contributed by atoms with Gasteiger partial charge in [-0.1, -0.05) is 33.6 Å². The number of carbonyl (C=O) groups is 1. The van der Waals surface area contributed by atoms with Crippen LogP contribution in [-0.2, 0) is 4.79 Å². The highest BCUT2D eigenvalue weighted by atomic mass is 16.2. The number of rotatable bonds is 5. The number of nitrogens with one attached hydrogen (secondary N) is 1. The Morgan fingerprint density at radius 3 is 2.62 bits per heavy atom. The summed E-state index contributed by atoms with van der Waals surface area (Å²) in [6.45, 7) is 7.41. The molecule has 2 unspecified atom stereocenters. The normalized spacial score (nSPS) is 30.5. The smallest absolute Gasteiger partial charge is 0.241 e. The van der Waals surface area contributed by atoms with Gasteiger partial charge in [0.05, 0.1) is 12.2 Å². The van der Waals surface area contributed by atoms with Crippen LogP contribution in [0.25, 0.3) is 0 Å². The molecule has 2 atom stereocenters. The van der Waals surface area contributed by atoms with Gasteiger partial charge in [0.15, 0.2) is 0 Å². The Bertz CT molecular complexity index is 261. The topological polar surface area (TPSA) is 32.3 Å². The van der Waals surface area contributed by atoms with Crippen molar-refractivity contribution in [2.24, 2.45) is 11.8 Å². The second-order valence-corrected chi connectivity index (χ2v) is 5.58. The summed E-state index contributed by atoms with van der Waals surface area (Å²) in [6, 6.07) is 0.0617. The Balaban J connectivity index is 1.95. The Morgan fingerprint density at radius 2 is 2.12 bits per heavy atom. The van der Waals surface area contributed by atoms with Crippen molar-refractivity contribution in [3.8, 4) is 0 Å². The number of nitrogens with zero attached hydrogens (tertiary/aromatic N) is 1. The molecule has 0 radical (unpaired) electrons. The summed E-state index contributed by atoms with van der Waals surface area (Å²) >= 11 is 0. The Morgan fingerprint density at radius 1 is 1.44 bits per heavy atom. The molecule has 0 spiro atoms. The molecule has 1 saturated heterocycles. The first-order valence-electron chi connectivity index (χ1n) is 6.70. The van der Waals surface area contributed by atoms with Gasteiger partial charge in [-0.2, -0.15) is 0 Å². The van der Waals surface area contributed by atoms with Gasteiger partial charge in [-0.05, 0) is 24.7 Å². The van der Waals surface area contributed by atoms with E-state index in [1.165, 1.54) is 19.3 Å². The fourth-order valence-electron chi connectivity index (χ4n) is 2.53. The number of hydrogen-bond acceptors (Lipinski definition) is 2. The van der Waals surface area contributed by atoms with Crippen LogP contribution in [0.3, 0.4) is 0 Å². The van der Waals surface area contributed by atoms with E-state index in [-0.39, 0.29) is 12.2 Å². The summed E-state index contributed by atoms with van der Waals surface area (Å²) in [5.74, 6) is 1.72. The van der Waals surface area contributed by atoms with Gasteiger partial charge in [0.2, 0.25) is 5.91 Å². The summed E-state index contributed by atoms with van der Waals surface area (Å²) in [6.07, 6.45) is 5.11. The summed E-state index contributed by atoms with van der Waals surface area (Å²) in [5, 5.41) is 3.46. The molecule has 1 amide bonds. The molecule has 1 aliphatic heterocycles. The van der Waals surface area contributed by atoms with E-state index in [9.17, 15) is 4.79 Å². The van der Waals surface area contributed by atoms with E-state index in [4.69, 9.17) is 0 Å². The zero-order valence-electron chi connectivity index (χ0n) is 10.7. The van der Waals surface area contributed by atoms with Crippen molar-refractivity contribution in [2.45, 2.75) is 58.7 Å². The molecule has 1 N–H and O–H groups in total. The van der Waals surface area contributed by atoms with E-state index in [2.05, 4.69) is 31.0 Å². The first-order chi connectivity index (χ1) is 7.63. The molecule has 1 heterocycles. The largest absolute Gasteiger partial charge is 0.326 e. The van der Waals surface area contributed by atoms with Gasteiger partial charge in [0, 0.05) is 6.54 Å². The molecular weight excluding hydrogens is 200 g/mol. The zero-order chi connectivity index (χ0) is 11.7. The van der Waals surface area contributed by atoms with E-state index >= 15 is 0 Å². The Labute approximate surface area is 98.6 Å². The minimum Gasteiger partial charge on any atom is -0.326 e. The molecule has 1 saturated carbocycles. The third kappa shape index (κ3) is 2.40. The van der Waals surface area contributed by atoms with Crippen molar-refractivity contribution in [2.75, 3.05) is 6.54 Å².